The SMILES string of the molecule is CCOC(=S)NS. The molecule has 0 atom stereocenters. The van der Waals surface area contributed by atoms with Crippen LogP contribution in [-0.4, -0.2) is 11.8 Å². The number of ether oxygens (including phenoxy) is 1. The van der Waals surface area contributed by atoms with Crippen molar-refractivity contribution in [3.8, 4) is 0 Å². The zero-order valence-electron chi connectivity index (χ0n) is 3.97. The molecular formula is C3H7NOS2. The van der Waals surface area contributed by atoms with Crippen molar-refractivity contribution < 1.29 is 4.74 Å². The second-order valence-electron chi connectivity index (χ2n) is 0.832. The highest BCUT2D eigenvalue weighted by atomic mass is 32.1. The van der Waals surface area contributed by atoms with Gasteiger partial charge in [0.2, 0.25) is 0 Å². The van der Waals surface area contributed by atoms with Gasteiger partial charge >= 0.3 is 0 Å². The zero-order chi connectivity index (χ0) is 5.70. The monoisotopic (exact) mass is 137 g/mol. The molecule has 42 valence electrons. The topological polar surface area (TPSA) is 21.3 Å². The molecule has 0 aromatic rings. The molecule has 0 rings (SSSR count). The predicted molar refractivity (Wildman–Crippen MR) is 36.3 cm³/mol. The molecule has 0 saturated carbocycles. The Morgan fingerprint density at radius 2 is 2.57 bits per heavy atom. The first kappa shape index (κ1) is 7.04. The maximum Gasteiger partial charge on any atom is 0.266 e. The third-order valence-corrected chi connectivity index (χ3v) is 0.941. The zero-order valence-corrected chi connectivity index (χ0v) is 5.68. The van der Waals surface area contributed by atoms with Crippen LogP contribution in [-0.2, 0) is 4.74 Å². The van der Waals surface area contributed by atoms with Crippen LogP contribution in [0.2, 0.25) is 0 Å². The van der Waals surface area contributed by atoms with E-state index in [1.807, 2.05) is 6.92 Å². The smallest absolute Gasteiger partial charge is 0.266 e. The van der Waals surface area contributed by atoms with E-state index in [9.17, 15) is 0 Å². The first-order chi connectivity index (χ1) is 3.31. The Bertz CT molecular complexity index is 66.0. The van der Waals surface area contributed by atoms with Gasteiger partial charge in [0.15, 0.2) is 0 Å². The van der Waals surface area contributed by atoms with Gasteiger partial charge in [-0.25, -0.2) is 0 Å². The van der Waals surface area contributed by atoms with Crippen LogP contribution >= 0.6 is 25.0 Å². The lowest BCUT2D eigenvalue weighted by Crippen LogP contribution is -2.13. The van der Waals surface area contributed by atoms with Crippen LogP contribution in [0.25, 0.3) is 0 Å². The average molecular weight is 137 g/mol. The summed E-state index contributed by atoms with van der Waals surface area (Å²) in [5, 5.41) is 0.325. The van der Waals surface area contributed by atoms with Gasteiger partial charge in [-0.15, -0.1) is 0 Å². The van der Waals surface area contributed by atoms with Crippen molar-refractivity contribution in [2.45, 2.75) is 6.92 Å². The minimum absolute atomic E-state index is 0.325. The summed E-state index contributed by atoms with van der Waals surface area (Å²) in [6.45, 7) is 2.45. The Labute approximate surface area is 53.8 Å². The number of thiocarbonyl (C=S) groups is 1. The van der Waals surface area contributed by atoms with Crippen molar-refractivity contribution in [2.75, 3.05) is 6.61 Å². The summed E-state index contributed by atoms with van der Waals surface area (Å²) in [5.41, 5.74) is 0. The van der Waals surface area contributed by atoms with Gasteiger partial charge in [0.1, 0.15) is 0 Å². The first-order valence-electron chi connectivity index (χ1n) is 1.88. The molecular weight excluding hydrogens is 130 g/mol. The summed E-state index contributed by atoms with van der Waals surface area (Å²) < 4.78 is 7.10. The molecule has 1 N–H and O–H groups in total. The summed E-state index contributed by atoms with van der Waals surface area (Å²) in [4.78, 5) is 0. The van der Waals surface area contributed by atoms with E-state index in [1.54, 1.807) is 0 Å². The third kappa shape index (κ3) is 3.88. The van der Waals surface area contributed by atoms with Gasteiger partial charge in [-0.3, -0.25) is 4.72 Å². The summed E-state index contributed by atoms with van der Waals surface area (Å²) in [7, 11) is 0. The van der Waals surface area contributed by atoms with Crippen molar-refractivity contribution >= 4 is 30.2 Å². The highest BCUT2D eigenvalue weighted by molar-refractivity contribution is 7.84. The van der Waals surface area contributed by atoms with E-state index in [0.717, 1.165) is 0 Å². The summed E-state index contributed by atoms with van der Waals surface area (Å²) in [5.74, 6) is 0. The Morgan fingerprint density at radius 3 is 2.71 bits per heavy atom. The maximum absolute atomic E-state index is 4.73. The van der Waals surface area contributed by atoms with Crippen molar-refractivity contribution in [1.29, 1.82) is 0 Å². The lowest BCUT2D eigenvalue weighted by atomic mass is 10.9. The van der Waals surface area contributed by atoms with Crippen LogP contribution in [0.5, 0.6) is 0 Å². The Morgan fingerprint density at radius 1 is 2.00 bits per heavy atom. The lowest BCUT2D eigenvalue weighted by Gasteiger charge is -1.98. The van der Waals surface area contributed by atoms with E-state index in [1.165, 1.54) is 0 Å². The largest absolute Gasteiger partial charge is 0.471 e. The molecule has 0 spiro atoms. The molecule has 0 aliphatic rings. The fourth-order valence-corrected chi connectivity index (χ4v) is 0.346. The van der Waals surface area contributed by atoms with Gasteiger partial charge in [-0.2, -0.15) is 0 Å². The van der Waals surface area contributed by atoms with E-state index >= 15 is 0 Å². The fourth-order valence-electron chi connectivity index (χ4n) is 0.163. The molecule has 0 radical (unpaired) electrons. The highest BCUT2D eigenvalue weighted by Gasteiger charge is 1.84. The van der Waals surface area contributed by atoms with Gasteiger partial charge in [0.25, 0.3) is 5.17 Å². The third-order valence-electron chi connectivity index (χ3n) is 0.367. The maximum atomic E-state index is 4.73. The predicted octanol–water partition coefficient (Wildman–Crippen LogP) is 0.742. The molecule has 0 unspecified atom stereocenters. The van der Waals surface area contributed by atoms with E-state index in [-0.39, 0.29) is 0 Å². The van der Waals surface area contributed by atoms with Crippen LogP contribution in [0.4, 0.5) is 0 Å². The van der Waals surface area contributed by atoms with E-state index in [4.69, 9.17) is 4.74 Å². The van der Waals surface area contributed by atoms with Crippen LogP contribution in [0, 0.1) is 0 Å². The van der Waals surface area contributed by atoms with Crippen LogP contribution < -0.4 is 4.72 Å². The average Bonchev–Trinajstić information content (AvgIpc) is 1.68. The highest BCUT2D eigenvalue weighted by Crippen LogP contribution is 1.76. The van der Waals surface area contributed by atoms with Crippen molar-refractivity contribution in [3.63, 3.8) is 0 Å². The van der Waals surface area contributed by atoms with Crippen LogP contribution in [0.1, 0.15) is 6.92 Å². The van der Waals surface area contributed by atoms with Crippen molar-refractivity contribution in [3.05, 3.63) is 0 Å². The van der Waals surface area contributed by atoms with Gasteiger partial charge in [-0.05, 0) is 19.1 Å². The first-order valence-corrected chi connectivity index (χ1v) is 2.73. The number of nitrogens with one attached hydrogen (secondary N) is 1. The minimum atomic E-state index is 0.325. The second kappa shape index (κ2) is 4.21. The van der Waals surface area contributed by atoms with Gasteiger partial charge in [0.05, 0.1) is 6.61 Å². The minimum Gasteiger partial charge on any atom is -0.471 e. The molecule has 0 bridgehead atoms. The number of hydrogen-bond acceptors (Lipinski definition) is 3. The molecule has 0 aliphatic carbocycles. The van der Waals surface area contributed by atoms with Gasteiger partial charge in [-0.1, -0.05) is 12.8 Å². The van der Waals surface area contributed by atoms with Crippen LogP contribution in [0.3, 0.4) is 0 Å². The summed E-state index contributed by atoms with van der Waals surface area (Å²) in [6, 6.07) is 0. The normalized spacial score (nSPS) is 7.71. The van der Waals surface area contributed by atoms with E-state index in [0.29, 0.717) is 11.8 Å². The molecule has 4 heteroatoms. The molecule has 0 aliphatic heterocycles. The lowest BCUT2D eigenvalue weighted by molar-refractivity contribution is 0.328. The van der Waals surface area contributed by atoms with E-state index in [2.05, 4.69) is 29.8 Å². The molecule has 0 fully saturated rings. The molecule has 0 heterocycles. The molecule has 0 saturated heterocycles. The quantitative estimate of drug-likeness (QED) is 0.411. The number of hydrogen-bond donors (Lipinski definition) is 2. The standard InChI is InChI=1S/C3H7NOS2/c1-2-5-3(6)4-7/h7H,2H2,1H3,(H,4,6). The molecule has 0 aromatic heterocycles. The van der Waals surface area contributed by atoms with Gasteiger partial charge in [0, 0.05) is 0 Å². The summed E-state index contributed by atoms with van der Waals surface area (Å²) >= 11 is 8.18. The Balaban J connectivity index is 3.00. The number of rotatable bonds is 1. The molecule has 2 nitrogen and oxygen atoms in total. The number of thiol groups is 1. The van der Waals surface area contributed by atoms with Crippen molar-refractivity contribution in [2.24, 2.45) is 0 Å². The second-order valence-corrected chi connectivity index (χ2v) is 1.43. The Kier molecular flexibility index (Phi) is 4.23. The van der Waals surface area contributed by atoms with Crippen molar-refractivity contribution in [1.82, 2.24) is 4.72 Å². The van der Waals surface area contributed by atoms with Crippen LogP contribution in [0.15, 0.2) is 0 Å². The molecule has 0 aromatic carbocycles. The van der Waals surface area contributed by atoms with Gasteiger partial charge < -0.3 is 4.74 Å². The molecule has 0 amide bonds. The van der Waals surface area contributed by atoms with E-state index < -0.39 is 0 Å². The fraction of sp³-hybridized carbons (Fsp3) is 0.667. The Hall–Kier alpha value is 0.0400. The summed E-state index contributed by atoms with van der Waals surface area (Å²) in [6.07, 6.45) is 0. The molecule has 7 heavy (non-hydrogen) atoms.